The first kappa shape index (κ1) is 98.5. The predicted molar refractivity (Wildman–Crippen MR) is 340 cm³/mol. The van der Waals surface area contributed by atoms with Crippen LogP contribution < -0.4 is 35.5 Å². The summed E-state index contributed by atoms with van der Waals surface area (Å²) in [6.07, 6.45) is 27.1. The molecule has 6 atom stereocenters. The Bertz CT molecular complexity index is 1430. The van der Waals surface area contributed by atoms with Crippen LogP contribution in [0.25, 0.3) is 0 Å². The van der Waals surface area contributed by atoms with E-state index < -0.39 is 40.3 Å². The minimum Gasteiger partial charge on any atom is -0.780 e. The van der Waals surface area contributed by atoms with E-state index in [9.17, 15) is 29.4 Å². The standard InChI is InChI=1S/6C8H17O3PS.H3N.W/c6*1-3-5-6-8-11-12(9,13)10-7-4-2;;/h6*4H,2-3,5-8H2,1H3,(H,9,13);1H3;/p-6. The number of rotatable bonds is 48. The van der Waals surface area contributed by atoms with Crippen molar-refractivity contribution in [2.75, 3.05) is 79.3 Å². The fourth-order valence-electron chi connectivity index (χ4n) is 4.26. The van der Waals surface area contributed by atoms with Gasteiger partial charge in [-0.3, -0.25) is 0 Å². The van der Waals surface area contributed by atoms with Crippen molar-refractivity contribution in [2.45, 2.75) is 157 Å². The normalized spacial score (nSPS) is 14.8. The Morgan fingerprint density at radius 1 is 0.263 bits per heavy atom. The number of hydrogen-bond acceptors (Lipinski definition) is 25. The van der Waals surface area contributed by atoms with E-state index in [1.54, 1.807) is 0 Å². The Morgan fingerprint density at radius 2 is 0.375 bits per heavy atom. The summed E-state index contributed by atoms with van der Waals surface area (Å²) in [5.74, 6) is 0. The molecule has 32 heteroatoms. The first-order valence-electron chi connectivity index (χ1n) is 26.0. The fourth-order valence-corrected chi connectivity index (χ4v) is 11.0. The van der Waals surface area contributed by atoms with Crippen molar-refractivity contribution in [3.05, 3.63) is 75.9 Å². The smallest absolute Gasteiger partial charge is 0.115 e. The quantitative estimate of drug-likeness (QED) is 0.0336. The summed E-state index contributed by atoms with van der Waals surface area (Å²) < 4.78 is 58.3. The number of hydrogen-bond donors (Lipinski definition) is 1. The van der Waals surface area contributed by atoms with E-state index in [0.29, 0.717) is 39.6 Å². The second kappa shape index (κ2) is 70.4. The zero-order chi connectivity index (χ0) is 60.9. The van der Waals surface area contributed by atoms with Gasteiger partial charge in [0.25, 0.3) is 0 Å². The van der Waals surface area contributed by atoms with Gasteiger partial charge >= 0.3 is 0 Å². The van der Waals surface area contributed by atoms with Gasteiger partial charge in [-0.1, -0.05) is 226 Å². The largest absolute Gasteiger partial charge is 0.780 e. The van der Waals surface area contributed by atoms with Crippen molar-refractivity contribution in [1.29, 1.82) is 0 Å². The van der Waals surface area contributed by atoms with Gasteiger partial charge < -0.3 is 89.8 Å². The minimum absolute atomic E-state index is 0. The van der Waals surface area contributed by atoms with Crippen LogP contribution in [0.2, 0.25) is 0 Å². The summed E-state index contributed by atoms with van der Waals surface area (Å²) in [6, 6.07) is 0. The van der Waals surface area contributed by atoms with Crippen LogP contribution >= 0.6 is 40.3 Å². The molecular weight excluding hydrogens is 1440 g/mol. The molecule has 0 aliphatic carbocycles. The summed E-state index contributed by atoms with van der Waals surface area (Å²) in [5, 5.41) is 0. The molecule has 6 unspecified atom stereocenters. The summed E-state index contributed by atoms with van der Waals surface area (Å²) in [6.45, 7) is 17.1. The topological polar surface area (TPSA) is 284 Å². The van der Waals surface area contributed by atoms with E-state index >= 15 is 0 Å². The van der Waals surface area contributed by atoms with Crippen molar-refractivity contribution in [3.8, 4) is 0 Å². The number of unbranched alkanes of at least 4 members (excludes halogenated alkanes) is 12. The first-order valence-corrected chi connectivity index (χ1v) is 41.3. The van der Waals surface area contributed by atoms with Crippen molar-refractivity contribution in [1.82, 2.24) is 6.15 Å². The van der Waals surface area contributed by atoms with Gasteiger partial charge in [-0.15, -0.1) is 39.5 Å². The van der Waals surface area contributed by atoms with Crippen LogP contribution in [0.1, 0.15) is 157 Å². The average Bonchev–Trinajstić information content (AvgIpc) is 3.39. The average molecular weight is 1540 g/mol. The second-order valence-corrected chi connectivity index (χ2v) is 31.9. The predicted octanol–water partition coefficient (Wildman–Crippen LogP) is 12.0. The van der Waals surface area contributed by atoms with Crippen LogP contribution in [0.15, 0.2) is 75.9 Å². The third kappa shape index (κ3) is 91.4. The molecular formula is C48H99NO18P6S6W-6. The third-order valence-corrected chi connectivity index (χ3v) is 17.7. The van der Waals surface area contributed by atoms with Gasteiger partial charge in [0.1, 0.15) is 40.3 Å². The maximum Gasteiger partial charge on any atom is 0.115 e. The molecule has 0 aromatic rings. The van der Waals surface area contributed by atoms with Gasteiger partial charge in [-0.05, 0) is 38.5 Å². The van der Waals surface area contributed by atoms with E-state index in [2.05, 4.69) is 152 Å². The summed E-state index contributed by atoms with van der Waals surface area (Å²) in [4.78, 5) is 67.6. The van der Waals surface area contributed by atoms with Crippen LogP contribution in [0.3, 0.4) is 0 Å². The van der Waals surface area contributed by atoms with E-state index in [1.165, 1.54) is 36.5 Å². The summed E-state index contributed by atoms with van der Waals surface area (Å²) >= 11 is 27.7. The van der Waals surface area contributed by atoms with E-state index in [-0.39, 0.29) is 66.9 Å². The molecule has 19 nitrogen and oxygen atoms in total. The molecule has 0 radical (unpaired) electrons. The maximum absolute atomic E-state index is 11.3. The first-order chi connectivity index (χ1) is 36.7. The Morgan fingerprint density at radius 3 is 0.463 bits per heavy atom. The maximum atomic E-state index is 11.3. The molecule has 0 heterocycles. The van der Waals surface area contributed by atoms with Crippen molar-refractivity contribution in [3.63, 3.8) is 0 Å². The van der Waals surface area contributed by atoms with E-state index in [4.69, 9.17) is 54.3 Å². The molecule has 482 valence electrons. The van der Waals surface area contributed by atoms with Gasteiger partial charge in [0.15, 0.2) is 0 Å². The summed E-state index contributed by atoms with van der Waals surface area (Å²) in [5.41, 5.74) is 0. The summed E-state index contributed by atoms with van der Waals surface area (Å²) in [7, 11) is 0. The van der Waals surface area contributed by atoms with Crippen LogP contribution in [-0.2, 0) is 146 Å². The Balaban J connectivity index is -0.000000129. The monoisotopic (exact) mass is 1540 g/mol. The molecule has 0 amide bonds. The van der Waals surface area contributed by atoms with Crippen molar-refractivity contribution >= 4 is 111 Å². The Kier molecular flexibility index (Phi) is 86.6. The van der Waals surface area contributed by atoms with Gasteiger partial charge in [-0.2, -0.15) is 0 Å². The fraction of sp³-hybridized carbons (Fsp3) is 0.750. The third-order valence-electron chi connectivity index (χ3n) is 8.09. The molecule has 80 heavy (non-hydrogen) atoms. The minimum atomic E-state index is -3.24. The van der Waals surface area contributed by atoms with Gasteiger partial charge in [0.2, 0.25) is 0 Å². The zero-order valence-corrected chi connectivity index (χ0v) is 61.7. The molecule has 0 aliphatic rings. The molecule has 0 aliphatic heterocycles. The van der Waals surface area contributed by atoms with Crippen LogP contribution in [0, 0.1) is 0 Å². The zero-order valence-electron chi connectivity index (χ0n) is 48.5. The van der Waals surface area contributed by atoms with Crippen LogP contribution in [0.4, 0.5) is 0 Å². The van der Waals surface area contributed by atoms with Gasteiger partial charge in [-0.25, -0.2) is 0 Å². The van der Waals surface area contributed by atoms with E-state index in [1.807, 2.05) is 0 Å². The molecule has 0 bridgehead atoms. The van der Waals surface area contributed by atoms with Gasteiger partial charge in [0.05, 0.1) is 79.3 Å². The van der Waals surface area contributed by atoms with E-state index in [0.717, 1.165) is 116 Å². The van der Waals surface area contributed by atoms with Gasteiger partial charge in [0, 0.05) is 21.1 Å². The van der Waals surface area contributed by atoms with Crippen LogP contribution in [0.5, 0.6) is 0 Å². The molecule has 0 fully saturated rings. The van der Waals surface area contributed by atoms with Crippen LogP contribution in [-0.4, -0.2) is 79.3 Å². The molecule has 0 saturated heterocycles. The molecule has 3 N–H and O–H groups in total. The second-order valence-electron chi connectivity index (χ2n) is 15.4. The SMILES string of the molecule is C=CCOP([O-])(=S)OCCCCC.C=CCOP([O-])(=S)OCCCCC.C=CCOP([O-])(=S)OCCCCC.C=CCOP([O-])(=S)OCCCCC.C=CCOP([O-])(=S)OCCCCC.C=CCOP([O-])(=S)OCCCCC.N.[W]. The molecule has 0 aromatic heterocycles. The Hall–Kier alpha value is 2.27. The molecule has 0 spiro atoms. The molecule has 0 saturated carbocycles. The van der Waals surface area contributed by atoms with Crippen molar-refractivity contribution in [2.24, 2.45) is 0 Å². The molecule has 0 aromatic carbocycles. The van der Waals surface area contributed by atoms with Crippen molar-refractivity contribution < 1.29 is 105 Å². The molecule has 0 rings (SSSR count). The Labute approximate surface area is 530 Å².